The molecule has 0 unspecified atom stereocenters. The number of imidazole rings is 1. The van der Waals surface area contributed by atoms with Crippen molar-refractivity contribution < 1.29 is 33.0 Å². The van der Waals surface area contributed by atoms with E-state index in [4.69, 9.17) is 19.2 Å². The molecule has 0 spiro atoms. The maximum absolute atomic E-state index is 13.9. The van der Waals surface area contributed by atoms with Crippen molar-refractivity contribution in [3.63, 3.8) is 0 Å². The van der Waals surface area contributed by atoms with Gasteiger partial charge in [0.15, 0.2) is 5.79 Å². The van der Waals surface area contributed by atoms with E-state index >= 15 is 0 Å². The first-order chi connectivity index (χ1) is 22.4. The van der Waals surface area contributed by atoms with Gasteiger partial charge in [-0.3, -0.25) is 14.4 Å². The number of hydrogen-bond acceptors (Lipinski definition) is 7. The first kappa shape index (κ1) is 36.7. The number of carbonyl (C=O) groups excluding carboxylic acids is 3. The van der Waals surface area contributed by atoms with Crippen molar-refractivity contribution in [2.45, 2.75) is 110 Å². The molecule has 1 saturated heterocycles. The van der Waals surface area contributed by atoms with Crippen LogP contribution in [0.2, 0.25) is 0 Å². The minimum absolute atomic E-state index is 0.0829. The number of aromatic nitrogens is 2. The summed E-state index contributed by atoms with van der Waals surface area (Å²) in [4.78, 5) is 45.2. The second-order valence-corrected chi connectivity index (χ2v) is 14.3. The van der Waals surface area contributed by atoms with Gasteiger partial charge in [-0.15, -0.1) is 0 Å². The normalized spacial score (nSPS) is 17.6. The zero-order chi connectivity index (χ0) is 35.4. The van der Waals surface area contributed by atoms with Crippen LogP contribution < -0.4 is 5.32 Å². The van der Waals surface area contributed by atoms with Gasteiger partial charge in [0.1, 0.15) is 22.9 Å². The van der Waals surface area contributed by atoms with Gasteiger partial charge in [-0.05, 0) is 88.9 Å². The molecule has 1 aromatic heterocycles. The summed E-state index contributed by atoms with van der Waals surface area (Å²) in [5, 5.41) is 2.98. The van der Waals surface area contributed by atoms with Gasteiger partial charge in [0.2, 0.25) is 0 Å². The van der Waals surface area contributed by atoms with Crippen molar-refractivity contribution in [3.05, 3.63) is 76.9 Å². The summed E-state index contributed by atoms with van der Waals surface area (Å²) in [5.74, 6) is -1.63. The average Bonchev–Trinajstić information content (AvgIpc) is 3.37. The fraction of sp³-hybridized carbons (Fsp3) is 0.514. The molecule has 4 rings (SSSR count). The number of nitrogens with one attached hydrogen (secondary N) is 1. The summed E-state index contributed by atoms with van der Waals surface area (Å²) in [6.45, 7) is 13.8. The molecule has 2 aromatic carbocycles. The van der Waals surface area contributed by atoms with Crippen molar-refractivity contribution in [1.29, 1.82) is 0 Å². The quantitative estimate of drug-likeness (QED) is 0.234. The Balaban J connectivity index is 1.60. The van der Waals surface area contributed by atoms with Crippen LogP contribution in [0, 0.1) is 5.82 Å². The lowest BCUT2D eigenvalue weighted by Crippen LogP contribution is -2.46. The summed E-state index contributed by atoms with van der Waals surface area (Å²) < 4.78 is 33.9. The van der Waals surface area contributed by atoms with Gasteiger partial charge in [0.25, 0.3) is 11.8 Å². The number of halogens is 1. The summed E-state index contributed by atoms with van der Waals surface area (Å²) in [6, 6.07) is 13.2. The molecule has 0 bridgehead atoms. The van der Waals surface area contributed by atoms with Crippen molar-refractivity contribution >= 4 is 17.8 Å². The molecule has 260 valence electrons. The van der Waals surface area contributed by atoms with Gasteiger partial charge in [0.05, 0.1) is 24.3 Å². The highest BCUT2D eigenvalue weighted by atomic mass is 19.1. The SMILES string of the molecule is CC(C)c1c(C(=O)NCc2cccc(C(=O)N(C)C)c2)nc(-c2ccc(F)cc2)n1CC[C@@H]1C[C@H](CC(=O)OC(C)(C)C)OC(C)(C)O1. The number of ether oxygens (including phenoxy) is 3. The Bertz CT molecular complexity index is 1610. The predicted octanol–water partition coefficient (Wildman–Crippen LogP) is 6.48. The lowest BCUT2D eigenvalue weighted by Gasteiger charge is -2.41. The number of esters is 1. The van der Waals surface area contributed by atoms with E-state index in [2.05, 4.69) is 5.32 Å². The molecule has 11 heteroatoms. The third kappa shape index (κ3) is 9.73. The Kier molecular flexibility index (Phi) is 11.5. The van der Waals surface area contributed by atoms with Gasteiger partial charge >= 0.3 is 5.97 Å². The highest BCUT2D eigenvalue weighted by molar-refractivity contribution is 5.95. The molecule has 1 fully saturated rings. The third-order valence-electron chi connectivity index (χ3n) is 7.82. The van der Waals surface area contributed by atoms with Crippen LogP contribution in [0.15, 0.2) is 48.5 Å². The van der Waals surface area contributed by atoms with E-state index in [1.807, 2.05) is 59.1 Å². The summed E-state index contributed by atoms with van der Waals surface area (Å²) in [6.07, 6.45) is 0.517. The minimum atomic E-state index is -0.912. The van der Waals surface area contributed by atoms with Crippen molar-refractivity contribution in [1.82, 2.24) is 19.8 Å². The van der Waals surface area contributed by atoms with Crippen LogP contribution in [0.3, 0.4) is 0 Å². The third-order valence-corrected chi connectivity index (χ3v) is 7.82. The highest BCUT2D eigenvalue weighted by Crippen LogP contribution is 2.33. The monoisotopic (exact) mass is 664 g/mol. The fourth-order valence-electron chi connectivity index (χ4n) is 5.97. The Labute approximate surface area is 283 Å². The summed E-state index contributed by atoms with van der Waals surface area (Å²) in [5.41, 5.74) is 2.40. The largest absolute Gasteiger partial charge is 0.460 e. The van der Waals surface area contributed by atoms with E-state index in [0.717, 1.165) is 11.3 Å². The second kappa shape index (κ2) is 15.0. The second-order valence-electron chi connectivity index (χ2n) is 14.3. The van der Waals surface area contributed by atoms with Crippen LogP contribution in [0.25, 0.3) is 11.4 Å². The molecule has 1 aliphatic heterocycles. The Morgan fingerprint density at radius 3 is 2.38 bits per heavy atom. The van der Waals surface area contributed by atoms with Gasteiger partial charge in [0, 0.05) is 44.7 Å². The maximum atomic E-state index is 13.9. The lowest BCUT2D eigenvalue weighted by molar-refractivity contribution is -0.301. The molecule has 48 heavy (non-hydrogen) atoms. The molecule has 2 amide bonds. The number of nitrogens with zero attached hydrogens (tertiary/aromatic N) is 3. The van der Waals surface area contributed by atoms with Gasteiger partial charge in [-0.1, -0.05) is 26.0 Å². The lowest BCUT2D eigenvalue weighted by atomic mass is 10.0. The summed E-state index contributed by atoms with van der Waals surface area (Å²) in [7, 11) is 3.38. The molecule has 1 aliphatic rings. The zero-order valence-electron chi connectivity index (χ0n) is 29.6. The van der Waals surface area contributed by atoms with Crippen LogP contribution in [0.4, 0.5) is 4.39 Å². The predicted molar refractivity (Wildman–Crippen MR) is 181 cm³/mol. The molecule has 0 aliphatic carbocycles. The molecule has 2 heterocycles. The van der Waals surface area contributed by atoms with E-state index in [1.54, 1.807) is 44.4 Å². The Morgan fingerprint density at radius 2 is 1.75 bits per heavy atom. The van der Waals surface area contributed by atoms with Crippen molar-refractivity contribution in [2.75, 3.05) is 14.1 Å². The van der Waals surface area contributed by atoms with Crippen LogP contribution in [0.5, 0.6) is 0 Å². The molecule has 10 nitrogen and oxygen atoms in total. The van der Waals surface area contributed by atoms with E-state index in [-0.39, 0.29) is 60.4 Å². The molecule has 3 aromatic rings. The summed E-state index contributed by atoms with van der Waals surface area (Å²) >= 11 is 0. The van der Waals surface area contributed by atoms with Gasteiger partial charge in [-0.2, -0.15) is 0 Å². The van der Waals surface area contributed by atoms with E-state index in [0.29, 0.717) is 36.3 Å². The smallest absolute Gasteiger partial charge is 0.308 e. The van der Waals surface area contributed by atoms with Crippen LogP contribution >= 0.6 is 0 Å². The van der Waals surface area contributed by atoms with E-state index < -0.39 is 11.4 Å². The van der Waals surface area contributed by atoms with Gasteiger partial charge in [-0.25, -0.2) is 9.37 Å². The van der Waals surface area contributed by atoms with E-state index in [9.17, 15) is 18.8 Å². The minimum Gasteiger partial charge on any atom is -0.460 e. The fourth-order valence-corrected chi connectivity index (χ4v) is 5.97. The van der Waals surface area contributed by atoms with E-state index in [1.165, 1.54) is 17.0 Å². The standard InChI is InChI=1S/C37H49FN4O6/c1-23(2)32-31(34(44)39-22-24-11-10-12-26(19-24)35(45)41(8)9)40-33(25-13-15-27(38)16-14-25)42(32)18-17-28-20-29(47-37(6,7)46-28)21-30(43)48-36(3,4)5/h10-16,19,23,28-29H,17-18,20-22H2,1-9H3,(H,39,44)/t28-,29-/m1/s1. The number of amides is 2. The van der Waals surface area contributed by atoms with Crippen LogP contribution in [-0.4, -0.2) is 69.9 Å². The molecular weight excluding hydrogens is 615 g/mol. The first-order valence-electron chi connectivity index (χ1n) is 16.4. The van der Waals surface area contributed by atoms with Crippen molar-refractivity contribution in [3.8, 4) is 11.4 Å². The van der Waals surface area contributed by atoms with Crippen LogP contribution in [0.1, 0.15) is 106 Å². The molecule has 0 saturated carbocycles. The molecular formula is C37H49FN4O6. The number of carbonyl (C=O) groups is 3. The highest BCUT2D eigenvalue weighted by Gasteiger charge is 2.37. The van der Waals surface area contributed by atoms with Crippen LogP contribution in [-0.2, 0) is 32.1 Å². The number of rotatable bonds is 11. The zero-order valence-corrected chi connectivity index (χ0v) is 29.6. The van der Waals surface area contributed by atoms with Gasteiger partial charge < -0.3 is 29.0 Å². The van der Waals surface area contributed by atoms with Crippen molar-refractivity contribution in [2.24, 2.45) is 0 Å². The maximum Gasteiger partial charge on any atom is 0.308 e. The average molecular weight is 665 g/mol. The topological polar surface area (TPSA) is 112 Å². The first-order valence-corrected chi connectivity index (χ1v) is 16.4. The molecule has 1 N–H and O–H groups in total. The molecule has 0 radical (unpaired) electrons. The Morgan fingerprint density at radius 1 is 1.08 bits per heavy atom. The Hall–Kier alpha value is -4.09. The molecule has 2 atom stereocenters. The number of hydrogen-bond donors (Lipinski definition) is 1. The number of benzene rings is 2.